The number of hydrogen-bond acceptors (Lipinski definition) is 9. The van der Waals surface area contributed by atoms with Crippen LogP contribution >= 0.6 is 0 Å². The molecule has 3 aromatic rings. The Kier molecular flexibility index (Phi) is 7.63. The smallest absolute Gasteiger partial charge is 0.349 e. The van der Waals surface area contributed by atoms with Crippen molar-refractivity contribution in [2.45, 2.75) is 19.8 Å². The van der Waals surface area contributed by atoms with Gasteiger partial charge in [0.2, 0.25) is 11.6 Å². The van der Waals surface area contributed by atoms with Gasteiger partial charge in [0.25, 0.3) is 0 Å². The third-order valence-electron chi connectivity index (χ3n) is 6.28. The maximum atomic E-state index is 12.5. The van der Waals surface area contributed by atoms with Gasteiger partial charge in [-0.3, -0.25) is 0 Å². The highest BCUT2D eigenvalue weighted by molar-refractivity contribution is 5.74. The molecule has 2 N–H and O–H groups in total. The Morgan fingerprint density at radius 3 is 2.24 bits per heavy atom. The average Bonchev–Trinajstić information content (AvgIpc) is 2.91. The van der Waals surface area contributed by atoms with Crippen LogP contribution in [0.5, 0.6) is 34.5 Å². The maximum Gasteiger partial charge on any atom is 0.349 e. The summed E-state index contributed by atoms with van der Waals surface area (Å²) in [4.78, 5) is 12.5. The number of carbonyl (C=O) groups is 1. The molecule has 0 fully saturated rings. The summed E-state index contributed by atoms with van der Waals surface area (Å²) < 4.78 is 33.2. The Morgan fingerprint density at radius 2 is 1.63 bits per heavy atom. The highest BCUT2D eigenvalue weighted by Crippen LogP contribution is 2.47. The van der Waals surface area contributed by atoms with Crippen LogP contribution in [0.3, 0.4) is 0 Å². The highest BCUT2D eigenvalue weighted by atomic mass is 16.6. The third-order valence-corrected chi connectivity index (χ3v) is 6.28. The Balaban J connectivity index is 1.61. The lowest BCUT2D eigenvalue weighted by molar-refractivity contribution is -0.136. The molecule has 4 rings (SSSR count). The van der Waals surface area contributed by atoms with Crippen LogP contribution in [0.2, 0.25) is 0 Å². The first-order valence-corrected chi connectivity index (χ1v) is 11.7. The zero-order chi connectivity index (χ0) is 27.4. The largest absolute Gasteiger partial charge is 0.493 e. The van der Waals surface area contributed by atoms with Crippen LogP contribution in [0, 0.1) is 25.2 Å². The minimum Gasteiger partial charge on any atom is -0.493 e. The number of aryl methyl sites for hydroxylation is 2. The van der Waals surface area contributed by atoms with E-state index in [1.807, 2.05) is 26.0 Å². The molecule has 0 bridgehead atoms. The average molecular weight is 517 g/mol. The number of allylic oxidation sites excluding steroid dienone is 1. The van der Waals surface area contributed by atoms with E-state index < -0.39 is 11.9 Å². The molecule has 1 unspecified atom stereocenters. The number of nitrogens with two attached hydrogens (primary N) is 1. The lowest BCUT2D eigenvalue weighted by Crippen LogP contribution is -2.22. The molecule has 9 heteroatoms. The first-order chi connectivity index (χ1) is 18.3. The van der Waals surface area contributed by atoms with Crippen molar-refractivity contribution in [3.05, 3.63) is 82.2 Å². The predicted molar refractivity (Wildman–Crippen MR) is 139 cm³/mol. The first-order valence-electron chi connectivity index (χ1n) is 11.7. The number of ether oxygens (including phenoxy) is 6. The van der Waals surface area contributed by atoms with E-state index in [4.69, 9.17) is 34.2 Å². The Labute approximate surface area is 220 Å². The van der Waals surface area contributed by atoms with Crippen molar-refractivity contribution in [1.29, 1.82) is 5.26 Å². The number of esters is 1. The van der Waals surface area contributed by atoms with Gasteiger partial charge in [0.1, 0.15) is 28.9 Å². The first kappa shape index (κ1) is 26.2. The molecule has 0 amide bonds. The van der Waals surface area contributed by atoms with E-state index in [9.17, 15) is 10.1 Å². The molecular formula is C29H28N2O7. The number of carbonyl (C=O) groups excluding carboxylic acids is 1. The highest BCUT2D eigenvalue weighted by Gasteiger charge is 2.32. The molecule has 0 radical (unpaired) electrons. The summed E-state index contributed by atoms with van der Waals surface area (Å²) in [6.45, 7) is 3.70. The van der Waals surface area contributed by atoms with Gasteiger partial charge in [-0.15, -0.1) is 0 Å². The molecule has 1 atom stereocenters. The van der Waals surface area contributed by atoms with Crippen molar-refractivity contribution in [1.82, 2.24) is 0 Å². The van der Waals surface area contributed by atoms with Crippen LogP contribution in [0.4, 0.5) is 0 Å². The fourth-order valence-corrected chi connectivity index (χ4v) is 4.22. The summed E-state index contributed by atoms with van der Waals surface area (Å²) in [5.41, 5.74) is 9.87. The molecule has 0 saturated carbocycles. The van der Waals surface area contributed by atoms with Crippen LogP contribution in [-0.2, 0) is 4.79 Å². The molecule has 0 saturated heterocycles. The fraction of sp³-hybridized carbons (Fsp3) is 0.241. The summed E-state index contributed by atoms with van der Waals surface area (Å²) in [5.74, 6) is 1.23. The van der Waals surface area contributed by atoms with Gasteiger partial charge in [-0.05, 0) is 60.9 Å². The van der Waals surface area contributed by atoms with E-state index in [0.29, 0.717) is 39.9 Å². The summed E-state index contributed by atoms with van der Waals surface area (Å²) in [7, 11) is 4.54. The van der Waals surface area contributed by atoms with Gasteiger partial charge in [0.15, 0.2) is 18.1 Å². The minimum absolute atomic E-state index is 0.0553. The van der Waals surface area contributed by atoms with Crippen LogP contribution in [-0.4, -0.2) is 33.9 Å². The topological polar surface area (TPSA) is 122 Å². The number of nitrogens with zero attached hydrogens (tertiary/aromatic N) is 1. The van der Waals surface area contributed by atoms with Crippen molar-refractivity contribution in [3.63, 3.8) is 0 Å². The fourth-order valence-electron chi connectivity index (χ4n) is 4.22. The van der Waals surface area contributed by atoms with Gasteiger partial charge in [-0.1, -0.05) is 12.1 Å². The quantitative estimate of drug-likeness (QED) is 0.340. The molecule has 3 aromatic carbocycles. The molecule has 1 heterocycles. The monoisotopic (exact) mass is 516 g/mol. The van der Waals surface area contributed by atoms with E-state index in [-0.39, 0.29) is 23.8 Å². The van der Waals surface area contributed by atoms with Crippen LogP contribution in [0.1, 0.15) is 28.2 Å². The van der Waals surface area contributed by atoms with E-state index in [0.717, 1.165) is 11.1 Å². The minimum atomic E-state index is -0.588. The van der Waals surface area contributed by atoms with Gasteiger partial charge in [-0.2, -0.15) is 5.26 Å². The van der Waals surface area contributed by atoms with Crippen molar-refractivity contribution in [2.24, 2.45) is 5.73 Å². The SMILES string of the molecule is COc1cc(C2C(C#N)=C(N)Oc3cc(OC(=O)COc4ccc(C)c(C)c4)ccc32)cc(OC)c1OC. The maximum absolute atomic E-state index is 12.5. The van der Waals surface area contributed by atoms with Gasteiger partial charge < -0.3 is 34.2 Å². The van der Waals surface area contributed by atoms with Crippen LogP contribution in [0.25, 0.3) is 0 Å². The predicted octanol–water partition coefficient (Wildman–Crippen LogP) is 4.53. The number of fused-ring (bicyclic) bond motifs is 1. The zero-order valence-corrected chi connectivity index (χ0v) is 21.8. The standard InChI is InChI=1S/C29H28N2O7/c1-16-6-7-19(10-17(16)2)36-15-26(32)37-20-8-9-21-23(13-20)38-29(31)22(14-30)27(21)18-11-24(33-3)28(35-5)25(12-18)34-4/h6-13,27H,15,31H2,1-5H3. The molecule has 196 valence electrons. The summed E-state index contributed by atoms with van der Waals surface area (Å²) >= 11 is 0. The van der Waals surface area contributed by atoms with Crippen LogP contribution in [0.15, 0.2) is 60.0 Å². The second-order valence-electron chi connectivity index (χ2n) is 8.59. The Bertz CT molecular complexity index is 1430. The van der Waals surface area contributed by atoms with Gasteiger partial charge >= 0.3 is 5.97 Å². The Morgan fingerprint density at radius 1 is 0.947 bits per heavy atom. The number of rotatable bonds is 8. The zero-order valence-electron chi connectivity index (χ0n) is 21.8. The number of nitriles is 1. The molecular weight excluding hydrogens is 488 g/mol. The lowest BCUT2D eigenvalue weighted by Gasteiger charge is -2.27. The summed E-state index contributed by atoms with van der Waals surface area (Å²) in [5, 5.41) is 9.89. The molecule has 38 heavy (non-hydrogen) atoms. The summed E-state index contributed by atoms with van der Waals surface area (Å²) in [6.07, 6.45) is 0. The molecule has 9 nitrogen and oxygen atoms in total. The van der Waals surface area contributed by atoms with Gasteiger partial charge in [0.05, 0.1) is 27.2 Å². The van der Waals surface area contributed by atoms with E-state index in [1.54, 1.807) is 36.4 Å². The number of methoxy groups -OCH3 is 3. The lowest BCUT2D eigenvalue weighted by atomic mass is 9.83. The van der Waals surface area contributed by atoms with Crippen LogP contribution < -0.4 is 34.2 Å². The van der Waals surface area contributed by atoms with Crippen molar-refractivity contribution in [3.8, 4) is 40.6 Å². The molecule has 1 aliphatic rings. The van der Waals surface area contributed by atoms with E-state index >= 15 is 0 Å². The van der Waals surface area contributed by atoms with Crippen molar-refractivity contribution < 1.29 is 33.2 Å². The normalized spacial score (nSPS) is 14.1. The molecule has 1 aliphatic heterocycles. The van der Waals surface area contributed by atoms with Crippen molar-refractivity contribution >= 4 is 5.97 Å². The van der Waals surface area contributed by atoms with Gasteiger partial charge in [-0.25, -0.2) is 4.79 Å². The second kappa shape index (κ2) is 11.0. The van der Waals surface area contributed by atoms with Gasteiger partial charge in [0, 0.05) is 11.6 Å². The summed E-state index contributed by atoms with van der Waals surface area (Å²) in [6, 6.07) is 16.1. The van der Waals surface area contributed by atoms with Crippen molar-refractivity contribution in [2.75, 3.05) is 27.9 Å². The second-order valence-corrected chi connectivity index (χ2v) is 8.59. The van der Waals surface area contributed by atoms with E-state index in [1.165, 1.54) is 21.3 Å². The number of benzene rings is 3. The molecule has 0 aliphatic carbocycles. The van der Waals surface area contributed by atoms with E-state index in [2.05, 4.69) is 6.07 Å². The molecule has 0 spiro atoms. The molecule has 0 aromatic heterocycles. The third kappa shape index (κ3) is 5.15. The Hall–Kier alpha value is -4.84. The number of hydrogen-bond donors (Lipinski definition) is 1.